The molecule has 1 aliphatic rings. The normalized spacial score (nSPS) is 17.6. The molecule has 0 heterocycles. The van der Waals surface area contributed by atoms with E-state index in [-0.39, 0.29) is 11.2 Å². The topological polar surface area (TPSA) is 17.1 Å². The van der Waals surface area contributed by atoms with E-state index >= 15 is 0 Å². The summed E-state index contributed by atoms with van der Waals surface area (Å²) in [5.41, 5.74) is -0.295. The van der Waals surface area contributed by atoms with E-state index in [0.29, 0.717) is 5.92 Å². The molecule has 66 valence electrons. The van der Waals surface area contributed by atoms with Crippen LogP contribution in [0.25, 0.3) is 0 Å². The summed E-state index contributed by atoms with van der Waals surface area (Å²) < 4.78 is 0. The van der Waals surface area contributed by atoms with E-state index in [1.165, 1.54) is 19.3 Å². The van der Waals surface area contributed by atoms with Crippen molar-refractivity contribution in [2.45, 2.75) is 40.0 Å². The molecule has 0 aromatic heterocycles. The van der Waals surface area contributed by atoms with Crippen LogP contribution in [-0.2, 0) is 4.79 Å². The minimum atomic E-state index is -0.295. The lowest BCUT2D eigenvalue weighted by Gasteiger charge is -2.19. The third kappa shape index (κ3) is 2.37. The van der Waals surface area contributed by atoms with Crippen LogP contribution in [0.1, 0.15) is 40.0 Å². The summed E-state index contributed by atoms with van der Waals surface area (Å²) in [6.45, 7) is 5.72. The Morgan fingerprint density at radius 3 is 2.25 bits per heavy atom. The highest BCUT2D eigenvalue weighted by Crippen LogP contribution is 2.25. The molecule has 0 amide bonds. The van der Waals surface area contributed by atoms with Crippen molar-refractivity contribution in [2.75, 3.05) is 0 Å². The first-order valence-corrected chi connectivity index (χ1v) is 4.56. The molecule has 0 bridgehead atoms. The number of carbonyl (C=O) groups excluding carboxylic acids is 1. The molecule has 1 heteroatoms. The lowest BCUT2D eigenvalue weighted by molar-refractivity contribution is -0.120. The van der Waals surface area contributed by atoms with Crippen molar-refractivity contribution in [2.24, 2.45) is 11.3 Å². The van der Waals surface area contributed by atoms with Crippen molar-refractivity contribution in [1.82, 2.24) is 0 Å². The van der Waals surface area contributed by atoms with Crippen molar-refractivity contribution < 1.29 is 4.79 Å². The molecule has 0 saturated heterocycles. The van der Waals surface area contributed by atoms with Crippen molar-refractivity contribution in [3.05, 3.63) is 0 Å². The maximum Gasteiger partial charge on any atom is 0.210 e. The van der Waals surface area contributed by atoms with Crippen molar-refractivity contribution in [3.63, 3.8) is 0 Å². The fraction of sp³-hybridized carbons (Fsp3) is 0.727. The number of rotatable bonds is 0. The van der Waals surface area contributed by atoms with Gasteiger partial charge in [-0.1, -0.05) is 33.1 Å². The monoisotopic (exact) mass is 164 g/mol. The van der Waals surface area contributed by atoms with Crippen LogP contribution < -0.4 is 0 Å². The van der Waals surface area contributed by atoms with Gasteiger partial charge in [0.25, 0.3) is 0 Å². The summed E-state index contributed by atoms with van der Waals surface area (Å²) in [5.74, 6) is 6.34. The van der Waals surface area contributed by atoms with Gasteiger partial charge in [0.2, 0.25) is 5.78 Å². The fourth-order valence-electron chi connectivity index (χ4n) is 0.908. The minimum absolute atomic E-state index is 0.0643. The SMILES string of the molecule is CC(C)(C)C(=O)C#CC1CCC1. The fourth-order valence-corrected chi connectivity index (χ4v) is 0.908. The smallest absolute Gasteiger partial charge is 0.210 e. The Balaban J connectivity index is 2.47. The molecule has 12 heavy (non-hydrogen) atoms. The van der Waals surface area contributed by atoms with E-state index in [9.17, 15) is 4.79 Å². The second-order valence-corrected chi connectivity index (χ2v) is 4.48. The van der Waals surface area contributed by atoms with E-state index in [1.807, 2.05) is 20.8 Å². The second-order valence-electron chi connectivity index (χ2n) is 4.48. The zero-order valence-electron chi connectivity index (χ0n) is 8.11. The highest BCUT2D eigenvalue weighted by molar-refractivity contribution is 5.99. The first kappa shape index (κ1) is 9.32. The molecule has 1 aliphatic carbocycles. The summed E-state index contributed by atoms with van der Waals surface area (Å²) in [4.78, 5) is 11.3. The molecule has 1 saturated carbocycles. The Labute approximate surface area is 74.5 Å². The molecule has 0 atom stereocenters. The summed E-state index contributed by atoms with van der Waals surface area (Å²) in [7, 11) is 0. The van der Waals surface area contributed by atoms with E-state index in [4.69, 9.17) is 0 Å². The van der Waals surface area contributed by atoms with Gasteiger partial charge < -0.3 is 0 Å². The van der Waals surface area contributed by atoms with Gasteiger partial charge in [-0.2, -0.15) is 0 Å². The summed E-state index contributed by atoms with van der Waals surface area (Å²) in [6.07, 6.45) is 3.65. The lowest BCUT2D eigenvalue weighted by Crippen LogP contribution is -2.18. The third-order valence-corrected chi connectivity index (χ3v) is 2.18. The van der Waals surface area contributed by atoms with Crippen molar-refractivity contribution in [3.8, 4) is 11.8 Å². The molecule has 1 nitrogen and oxygen atoms in total. The molecule has 0 N–H and O–H groups in total. The second kappa shape index (κ2) is 3.31. The first-order chi connectivity index (χ1) is 5.50. The van der Waals surface area contributed by atoms with Crippen LogP contribution >= 0.6 is 0 Å². The Bertz CT molecular complexity index is 230. The van der Waals surface area contributed by atoms with Crippen molar-refractivity contribution in [1.29, 1.82) is 0 Å². The molecular weight excluding hydrogens is 148 g/mol. The van der Waals surface area contributed by atoms with Crippen LogP contribution in [0, 0.1) is 23.2 Å². The number of hydrogen-bond acceptors (Lipinski definition) is 1. The Hall–Kier alpha value is -0.770. The summed E-state index contributed by atoms with van der Waals surface area (Å²) in [5, 5.41) is 0. The molecule has 0 aromatic carbocycles. The lowest BCUT2D eigenvalue weighted by atomic mass is 9.85. The van der Waals surface area contributed by atoms with Crippen LogP contribution in [0.3, 0.4) is 0 Å². The zero-order valence-corrected chi connectivity index (χ0v) is 8.11. The number of ketones is 1. The summed E-state index contributed by atoms with van der Waals surface area (Å²) in [6, 6.07) is 0. The van der Waals surface area contributed by atoms with Gasteiger partial charge in [-0.25, -0.2) is 0 Å². The summed E-state index contributed by atoms with van der Waals surface area (Å²) >= 11 is 0. The number of hydrogen-bond donors (Lipinski definition) is 0. The maximum absolute atomic E-state index is 11.3. The minimum Gasteiger partial charge on any atom is -0.284 e. The Morgan fingerprint density at radius 1 is 1.33 bits per heavy atom. The molecule has 0 unspecified atom stereocenters. The van der Waals surface area contributed by atoms with E-state index in [0.717, 1.165) is 0 Å². The van der Waals surface area contributed by atoms with E-state index < -0.39 is 0 Å². The van der Waals surface area contributed by atoms with Crippen molar-refractivity contribution >= 4 is 5.78 Å². The van der Waals surface area contributed by atoms with Gasteiger partial charge in [-0.05, 0) is 18.8 Å². The van der Waals surface area contributed by atoms with Gasteiger partial charge in [0, 0.05) is 11.3 Å². The average Bonchev–Trinajstić information content (AvgIpc) is 1.81. The van der Waals surface area contributed by atoms with Crippen LogP contribution in [0.2, 0.25) is 0 Å². The van der Waals surface area contributed by atoms with Crippen LogP contribution in [-0.4, -0.2) is 5.78 Å². The van der Waals surface area contributed by atoms with Gasteiger partial charge in [-0.3, -0.25) is 4.79 Å². The largest absolute Gasteiger partial charge is 0.284 e. The Kier molecular flexibility index (Phi) is 2.57. The van der Waals surface area contributed by atoms with Crippen LogP contribution in [0.15, 0.2) is 0 Å². The molecule has 0 aliphatic heterocycles. The van der Waals surface area contributed by atoms with Gasteiger partial charge in [-0.15, -0.1) is 0 Å². The molecule has 0 aromatic rings. The number of Topliss-reactive ketones (excluding diaryl/α,β-unsaturated/α-hetero) is 1. The van der Waals surface area contributed by atoms with E-state index in [2.05, 4.69) is 11.8 Å². The predicted octanol–water partition coefficient (Wildman–Crippen LogP) is 2.41. The highest BCUT2D eigenvalue weighted by atomic mass is 16.1. The number of carbonyl (C=O) groups is 1. The van der Waals surface area contributed by atoms with Gasteiger partial charge in [0.1, 0.15) is 0 Å². The predicted molar refractivity (Wildman–Crippen MR) is 49.6 cm³/mol. The quantitative estimate of drug-likeness (QED) is 0.397. The van der Waals surface area contributed by atoms with Crippen LogP contribution in [0.4, 0.5) is 0 Å². The third-order valence-electron chi connectivity index (χ3n) is 2.18. The standard InChI is InChI=1S/C11H16O/c1-11(2,3)10(12)8-7-9-5-4-6-9/h9H,4-6H2,1-3H3. The Morgan fingerprint density at radius 2 is 1.92 bits per heavy atom. The average molecular weight is 164 g/mol. The molecule has 1 fully saturated rings. The first-order valence-electron chi connectivity index (χ1n) is 4.56. The zero-order chi connectivity index (χ0) is 9.19. The van der Waals surface area contributed by atoms with E-state index in [1.54, 1.807) is 0 Å². The maximum atomic E-state index is 11.3. The van der Waals surface area contributed by atoms with Gasteiger partial charge in [0.15, 0.2) is 0 Å². The highest BCUT2D eigenvalue weighted by Gasteiger charge is 2.20. The van der Waals surface area contributed by atoms with Gasteiger partial charge >= 0.3 is 0 Å². The molecule has 0 radical (unpaired) electrons. The molecule has 1 rings (SSSR count). The van der Waals surface area contributed by atoms with Crippen LogP contribution in [0.5, 0.6) is 0 Å². The molecular formula is C11H16O. The molecule has 0 spiro atoms. The van der Waals surface area contributed by atoms with Gasteiger partial charge in [0.05, 0.1) is 0 Å².